The lowest BCUT2D eigenvalue weighted by Gasteiger charge is -2.31. The number of carbonyl (C=O) groups excluding carboxylic acids is 2. The maximum atomic E-state index is 12.5. The summed E-state index contributed by atoms with van der Waals surface area (Å²) in [5.41, 5.74) is 1.70. The van der Waals surface area contributed by atoms with Crippen molar-refractivity contribution in [3.05, 3.63) is 60.2 Å². The quantitative estimate of drug-likeness (QED) is 0.899. The Labute approximate surface area is 154 Å². The van der Waals surface area contributed by atoms with Gasteiger partial charge in [-0.1, -0.05) is 42.5 Å². The summed E-state index contributed by atoms with van der Waals surface area (Å²) >= 11 is 0. The second-order valence-electron chi connectivity index (χ2n) is 6.51. The standard InChI is InChI=1S/C21H24N2O3/c1-26-19-10-6-5-9-18(19)22-21(25)17-11-13-23(14-12-17)20(24)15-16-7-3-2-4-8-16/h2-10,17H,11-15H2,1H3,(H,22,25). The summed E-state index contributed by atoms with van der Waals surface area (Å²) in [5, 5.41) is 2.95. The Hall–Kier alpha value is -2.82. The zero-order valence-electron chi connectivity index (χ0n) is 15.0. The topological polar surface area (TPSA) is 58.6 Å². The number of benzene rings is 2. The van der Waals surface area contributed by atoms with Crippen LogP contribution in [-0.4, -0.2) is 36.9 Å². The summed E-state index contributed by atoms with van der Waals surface area (Å²) in [6.45, 7) is 1.24. The Morgan fingerprint density at radius 2 is 1.69 bits per heavy atom. The second kappa shape index (κ2) is 8.52. The summed E-state index contributed by atoms with van der Waals surface area (Å²) in [6, 6.07) is 17.1. The number of methoxy groups -OCH3 is 1. The normalized spacial score (nSPS) is 14.7. The van der Waals surface area contributed by atoms with Crippen molar-refractivity contribution < 1.29 is 14.3 Å². The molecular formula is C21H24N2O3. The number of ether oxygens (including phenoxy) is 1. The number of likely N-dealkylation sites (tertiary alicyclic amines) is 1. The van der Waals surface area contributed by atoms with Crippen LogP contribution in [0, 0.1) is 5.92 Å². The van der Waals surface area contributed by atoms with Crippen LogP contribution < -0.4 is 10.1 Å². The predicted molar refractivity (Wildman–Crippen MR) is 101 cm³/mol. The van der Waals surface area contributed by atoms with Crippen LogP contribution >= 0.6 is 0 Å². The highest BCUT2D eigenvalue weighted by Crippen LogP contribution is 2.26. The number of hydrogen-bond donors (Lipinski definition) is 1. The van der Waals surface area contributed by atoms with E-state index in [1.807, 2.05) is 59.5 Å². The molecule has 0 bridgehead atoms. The molecule has 1 saturated heterocycles. The van der Waals surface area contributed by atoms with Gasteiger partial charge in [-0.3, -0.25) is 9.59 Å². The van der Waals surface area contributed by atoms with Gasteiger partial charge in [0.05, 0.1) is 19.2 Å². The SMILES string of the molecule is COc1ccccc1NC(=O)C1CCN(C(=O)Cc2ccccc2)CC1. The van der Waals surface area contributed by atoms with Crippen LogP contribution in [-0.2, 0) is 16.0 Å². The van der Waals surface area contributed by atoms with E-state index in [0.717, 1.165) is 5.56 Å². The first kappa shape index (κ1) is 18.0. The van der Waals surface area contributed by atoms with Gasteiger partial charge in [-0.25, -0.2) is 0 Å². The number of anilines is 1. The first-order valence-electron chi connectivity index (χ1n) is 8.93. The summed E-state index contributed by atoms with van der Waals surface area (Å²) in [4.78, 5) is 26.8. The molecule has 136 valence electrons. The highest BCUT2D eigenvalue weighted by Gasteiger charge is 2.27. The monoisotopic (exact) mass is 352 g/mol. The van der Waals surface area contributed by atoms with Crippen LogP contribution in [0.5, 0.6) is 5.75 Å². The van der Waals surface area contributed by atoms with Crippen molar-refractivity contribution in [2.75, 3.05) is 25.5 Å². The van der Waals surface area contributed by atoms with Crippen LogP contribution in [0.3, 0.4) is 0 Å². The Balaban J connectivity index is 1.51. The van der Waals surface area contributed by atoms with E-state index in [0.29, 0.717) is 43.8 Å². The molecule has 0 spiro atoms. The summed E-state index contributed by atoms with van der Waals surface area (Å²) < 4.78 is 5.27. The van der Waals surface area contributed by atoms with E-state index in [4.69, 9.17) is 4.74 Å². The fraction of sp³-hybridized carbons (Fsp3) is 0.333. The summed E-state index contributed by atoms with van der Waals surface area (Å²) in [7, 11) is 1.59. The maximum absolute atomic E-state index is 12.5. The number of amides is 2. The van der Waals surface area contributed by atoms with Gasteiger partial charge in [0.25, 0.3) is 0 Å². The molecule has 1 aliphatic rings. The molecule has 1 aliphatic heterocycles. The molecule has 0 aliphatic carbocycles. The van der Waals surface area contributed by atoms with Gasteiger partial charge in [-0.15, -0.1) is 0 Å². The minimum absolute atomic E-state index is 0.00958. The molecule has 2 aromatic rings. The third-order valence-corrected chi connectivity index (χ3v) is 4.78. The van der Waals surface area contributed by atoms with Gasteiger partial charge < -0.3 is 15.0 Å². The molecule has 5 heteroatoms. The molecule has 1 N–H and O–H groups in total. The van der Waals surface area contributed by atoms with E-state index < -0.39 is 0 Å². The Morgan fingerprint density at radius 1 is 1.04 bits per heavy atom. The molecule has 0 unspecified atom stereocenters. The van der Waals surface area contributed by atoms with Crippen LogP contribution in [0.1, 0.15) is 18.4 Å². The van der Waals surface area contributed by atoms with Gasteiger partial charge in [0.2, 0.25) is 11.8 Å². The zero-order chi connectivity index (χ0) is 18.4. The first-order valence-corrected chi connectivity index (χ1v) is 8.93. The largest absolute Gasteiger partial charge is 0.495 e. The Bertz CT molecular complexity index is 753. The third-order valence-electron chi connectivity index (χ3n) is 4.78. The molecule has 0 aromatic heterocycles. The number of rotatable bonds is 5. The molecule has 2 aromatic carbocycles. The fourth-order valence-corrected chi connectivity index (χ4v) is 3.26. The molecule has 0 radical (unpaired) electrons. The molecule has 5 nitrogen and oxygen atoms in total. The molecule has 0 atom stereocenters. The first-order chi connectivity index (χ1) is 12.7. The number of carbonyl (C=O) groups is 2. The van der Waals surface area contributed by atoms with Crippen LogP contribution in [0.15, 0.2) is 54.6 Å². The molecule has 3 rings (SSSR count). The minimum atomic E-state index is -0.0827. The van der Waals surface area contributed by atoms with Gasteiger partial charge in [-0.05, 0) is 30.5 Å². The molecule has 26 heavy (non-hydrogen) atoms. The average Bonchev–Trinajstić information content (AvgIpc) is 2.69. The second-order valence-corrected chi connectivity index (χ2v) is 6.51. The highest BCUT2D eigenvalue weighted by molar-refractivity contribution is 5.94. The summed E-state index contributed by atoms with van der Waals surface area (Å²) in [5.74, 6) is 0.682. The molecule has 1 heterocycles. The lowest BCUT2D eigenvalue weighted by Crippen LogP contribution is -2.42. The smallest absolute Gasteiger partial charge is 0.227 e. The van der Waals surface area contributed by atoms with Gasteiger partial charge in [-0.2, -0.15) is 0 Å². The zero-order valence-corrected chi connectivity index (χ0v) is 15.0. The fourth-order valence-electron chi connectivity index (χ4n) is 3.26. The van der Waals surface area contributed by atoms with Crippen molar-refractivity contribution in [1.29, 1.82) is 0 Å². The van der Waals surface area contributed by atoms with Crippen molar-refractivity contribution in [2.24, 2.45) is 5.92 Å². The van der Waals surface area contributed by atoms with Crippen molar-refractivity contribution in [3.63, 3.8) is 0 Å². The average molecular weight is 352 g/mol. The van der Waals surface area contributed by atoms with E-state index in [9.17, 15) is 9.59 Å². The Kier molecular flexibility index (Phi) is 5.89. The molecule has 0 saturated carbocycles. The number of piperidine rings is 1. The van der Waals surface area contributed by atoms with Crippen molar-refractivity contribution in [3.8, 4) is 5.75 Å². The molecule has 1 fully saturated rings. The number of nitrogens with zero attached hydrogens (tertiary/aromatic N) is 1. The van der Waals surface area contributed by atoms with E-state index in [1.54, 1.807) is 7.11 Å². The molecule has 2 amide bonds. The van der Waals surface area contributed by atoms with Crippen molar-refractivity contribution in [2.45, 2.75) is 19.3 Å². The van der Waals surface area contributed by atoms with Gasteiger partial charge in [0, 0.05) is 19.0 Å². The van der Waals surface area contributed by atoms with Gasteiger partial charge >= 0.3 is 0 Å². The van der Waals surface area contributed by atoms with E-state index in [-0.39, 0.29) is 17.7 Å². The van der Waals surface area contributed by atoms with Gasteiger partial charge in [0.15, 0.2) is 0 Å². The lowest BCUT2D eigenvalue weighted by molar-refractivity contribution is -0.133. The summed E-state index contributed by atoms with van der Waals surface area (Å²) in [6.07, 6.45) is 1.78. The van der Waals surface area contributed by atoms with Gasteiger partial charge in [0.1, 0.15) is 5.75 Å². The Morgan fingerprint density at radius 3 is 2.38 bits per heavy atom. The number of nitrogens with one attached hydrogen (secondary N) is 1. The van der Waals surface area contributed by atoms with E-state index in [2.05, 4.69) is 5.32 Å². The number of hydrogen-bond acceptors (Lipinski definition) is 3. The van der Waals surface area contributed by atoms with Crippen LogP contribution in [0.2, 0.25) is 0 Å². The minimum Gasteiger partial charge on any atom is -0.495 e. The number of para-hydroxylation sites is 2. The van der Waals surface area contributed by atoms with Crippen molar-refractivity contribution >= 4 is 17.5 Å². The van der Waals surface area contributed by atoms with Crippen LogP contribution in [0.4, 0.5) is 5.69 Å². The maximum Gasteiger partial charge on any atom is 0.227 e. The molecular weight excluding hydrogens is 328 g/mol. The van der Waals surface area contributed by atoms with Crippen LogP contribution in [0.25, 0.3) is 0 Å². The van der Waals surface area contributed by atoms with E-state index in [1.165, 1.54) is 0 Å². The van der Waals surface area contributed by atoms with Crippen molar-refractivity contribution in [1.82, 2.24) is 4.90 Å². The lowest BCUT2D eigenvalue weighted by atomic mass is 9.95. The highest BCUT2D eigenvalue weighted by atomic mass is 16.5. The third kappa shape index (κ3) is 4.42. The van der Waals surface area contributed by atoms with E-state index >= 15 is 0 Å². The predicted octanol–water partition coefficient (Wildman–Crippen LogP) is 3.12.